The number of aliphatic carboxylic acids is 1. The topological polar surface area (TPSA) is 102 Å². The third-order valence-electron chi connectivity index (χ3n) is 8.80. The second-order valence-corrected chi connectivity index (χ2v) is 12.2. The van der Waals surface area contributed by atoms with Crippen molar-refractivity contribution in [2.45, 2.75) is 31.8 Å². The van der Waals surface area contributed by atoms with Gasteiger partial charge in [-0.3, -0.25) is 4.79 Å². The van der Waals surface area contributed by atoms with Crippen LogP contribution in [0.4, 0.5) is 11.5 Å². The van der Waals surface area contributed by atoms with Crippen LogP contribution in [0.5, 0.6) is 6.01 Å². The monoisotopic (exact) mass is 604 g/mol. The van der Waals surface area contributed by atoms with Crippen LogP contribution >= 0.6 is 11.6 Å². The molecular formula is C32H37ClN6O4. The van der Waals surface area contributed by atoms with E-state index in [4.69, 9.17) is 31.4 Å². The number of amides is 1. The number of aromatic nitrogens is 2. The van der Waals surface area contributed by atoms with Crippen LogP contribution in [0.2, 0.25) is 5.02 Å². The zero-order valence-corrected chi connectivity index (χ0v) is 25.3. The fraction of sp³-hybridized carbons (Fsp3) is 0.438. The van der Waals surface area contributed by atoms with Crippen molar-refractivity contribution < 1.29 is 19.4 Å². The Morgan fingerprint density at radius 1 is 1.14 bits per heavy atom. The number of fused-ring (bicyclic) bond motifs is 2. The van der Waals surface area contributed by atoms with Crippen molar-refractivity contribution in [2.75, 3.05) is 63.2 Å². The fourth-order valence-electron chi connectivity index (χ4n) is 6.46. The standard InChI is InChI=1S/C32H37ClN6O4/c1-36-14-5-8-23(36)20-43-32-34-26-19-38(27-10-4-7-22-6-3-9-25(33)30(22)27)15-13-24(26)31(35-32)37(2)16-21-17-39(18-21)28(40)11-12-29(41)42/h3-4,6-7,9-12,21,23H,5,8,13-20H2,1-2H3,(H,41,42)/b12-11+. The van der Waals surface area contributed by atoms with Crippen molar-refractivity contribution in [2.24, 2.45) is 5.92 Å². The molecule has 0 saturated carbocycles. The van der Waals surface area contributed by atoms with E-state index in [0.717, 1.165) is 76.6 Å². The summed E-state index contributed by atoms with van der Waals surface area (Å²) < 4.78 is 6.25. The first kappa shape index (κ1) is 29.2. The highest BCUT2D eigenvalue weighted by molar-refractivity contribution is 6.36. The number of hydrogen-bond acceptors (Lipinski definition) is 8. The summed E-state index contributed by atoms with van der Waals surface area (Å²) in [5, 5.41) is 11.7. The second kappa shape index (κ2) is 12.4. The van der Waals surface area contributed by atoms with Gasteiger partial charge in [0.25, 0.3) is 0 Å². The average Bonchev–Trinajstić information content (AvgIpc) is 3.39. The number of benzene rings is 2. The van der Waals surface area contributed by atoms with Crippen LogP contribution in [0.3, 0.4) is 0 Å². The molecule has 2 aromatic carbocycles. The minimum atomic E-state index is -1.13. The van der Waals surface area contributed by atoms with Crippen LogP contribution in [0, 0.1) is 5.92 Å². The molecule has 1 N–H and O–H groups in total. The molecule has 11 heteroatoms. The summed E-state index contributed by atoms with van der Waals surface area (Å²) in [6.45, 7) is 4.90. The largest absolute Gasteiger partial charge is 0.478 e. The Labute approximate surface area is 256 Å². The van der Waals surface area contributed by atoms with E-state index in [9.17, 15) is 9.59 Å². The highest BCUT2D eigenvalue weighted by atomic mass is 35.5. The van der Waals surface area contributed by atoms with Crippen LogP contribution < -0.4 is 14.5 Å². The van der Waals surface area contributed by atoms with E-state index in [1.54, 1.807) is 4.90 Å². The van der Waals surface area contributed by atoms with Gasteiger partial charge >= 0.3 is 12.0 Å². The number of carbonyl (C=O) groups excluding carboxylic acids is 1. The molecule has 0 radical (unpaired) electrons. The maximum absolute atomic E-state index is 12.2. The minimum absolute atomic E-state index is 0.257. The average molecular weight is 605 g/mol. The van der Waals surface area contributed by atoms with Crippen LogP contribution in [0.1, 0.15) is 24.1 Å². The van der Waals surface area contributed by atoms with Gasteiger partial charge in [-0.2, -0.15) is 9.97 Å². The molecule has 43 heavy (non-hydrogen) atoms. The normalized spacial score (nSPS) is 19.1. The van der Waals surface area contributed by atoms with Gasteiger partial charge in [0.15, 0.2) is 0 Å². The van der Waals surface area contributed by atoms with E-state index in [0.29, 0.717) is 44.8 Å². The zero-order chi connectivity index (χ0) is 30.1. The lowest BCUT2D eigenvalue weighted by molar-refractivity contribution is -0.134. The number of hydrogen-bond donors (Lipinski definition) is 1. The lowest BCUT2D eigenvalue weighted by Gasteiger charge is -2.41. The van der Waals surface area contributed by atoms with Crippen molar-refractivity contribution in [1.29, 1.82) is 0 Å². The first-order valence-electron chi connectivity index (χ1n) is 14.8. The molecular weight excluding hydrogens is 568 g/mol. The second-order valence-electron chi connectivity index (χ2n) is 11.8. The summed E-state index contributed by atoms with van der Waals surface area (Å²) in [4.78, 5) is 41.3. The maximum atomic E-state index is 12.2. The molecule has 3 aromatic rings. The molecule has 10 nitrogen and oxygen atoms in total. The smallest absolute Gasteiger partial charge is 0.328 e. The molecule has 1 amide bonds. The Balaban J connectivity index is 1.23. The van der Waals surface area contributed by atoms with E-state index < -0.39 is 5.97 Å². The van der Waals surface area contributed by atoms with E-state index in [2.05, 4.69) is 46.0 Å². The summed E-state index contributed by atoms with van der Waals surface area (Å²) in [6, 6.07) is 13.0. The van der Waals surface area contributed by atoms with Crippen LogP contribution in [-0.2, 0) is 22.6 Å². The molecule has 0 bridgehead atoms. The first-order valence-corrected chi connectivity index (χ1v) is 15.2. The Kier molecular flexibility index (Phi) is 8.41. The molecule has 4 heterocycles. The maximum Gasteiger partial charge on any atom is 0.328 e. The summed E-state index contributed by atoms with van der Waals surface area (Å²) in [6.07, 6.45) is 5.04. The number of ether oxygens (including phenoxy) is 1. The van der Waals surface area contributed by atoms with Crippen molar-refractivity contribution in [3.63, 3.8) is 0 Å². The van der Waals surface area contributed by atoms with E-state index in [1.807, 2.05) is 19.2 Å². The van der Waals surface area contributed by atoms with Gasteiger partial charge in [0, 0.05) is 74.0 Å². The number of anilines is 2. The summed E-state index contributed by atoms with van der Waals surface area (Å²) in [7, 11) is 4.16. The van der Waals surface area contributed by atoms with Crippen molar-refractivity contribution in [1.82, 2.24) is 19.8 Å². The molecule has 3 aliphatic heterocycles. The van der Waals surface area contributed by atoms with Gasteiger partial charge in [-0.05, 0) is 50.4 Å². The van der Waals surface area contributed by atoms with Gasteiger partial charge in [0.2, 0.25) is 5.91 Å². The lowest BCUT2D eigenvalue weighted by atomic mass is 9.98. The molecule has 0 aliphatic carbocycles. The van der Waals surface area contributed by atoms with Gasteiger partial charge in [0.05, 0.1) is 17.3 Å². The number of rotatable bonds is 9. The third-order valence-corrected chi connectivity index (χ3v) is 9.12. The van der Waals surface area contributed by atoms with Crippen LogP contribution in [-0.4, -0.2) is 96.2 Å². The van der Waals surface area contributed by atoms with E-state index >= 15 is 0 Å². The SMILES string of the molecule is CN(CC1CN(C(=O)/C=C/C(=O)O)C1)c1nc(OCC2CCCN2C)nc2c1CCN(c1cccc3cccc(Cl)c13)C2. The van der Waals surface area contributed by atoms with Crippen LogP contribution in [0.25, 0.3) is 10.8 Å². The molecule has 1 atom stereocenters. The molecule has 0 spiro atoms. The molecule has 2 fully saturated rings. The van der Waals surface area contributed by atoms with Crippen molar-refractivity contribution in [3.05, 3.63) is 64.8 Å². The summed E-state index contributed by atoms with van der Waals surface area (Å²) >= 11 is 6.68. The summed E-state index contributed by atoms with van der Waals surface area (Å²) in [5.41, 5.74) is 3.16. The minimum Gasteiger partial charge on any atom is -0.478 e. The number of likely N-dealkylation sites (N-methyl/N-ethyl adjacent to an activating group) is 1. The highest BCUT2D eigenvalue weighted by Gasteiger charge is 2.33. The number of nitrogens with zero attached hydrogens (tertiary/aromatic N) is 6. The Hall–Kier alpha value is -3.89. The van der Waals surface area contributed by atoms with Crippen molar-refractivity contribution in [3.8, 4) is 6.01 Å². The van der Waals surface area contributed by atoms with Crippen LogP contribution in [0.15, 0.2) is 48.6 Å². The summed E-state index contributed by atoms with van der Waals surface area (Å²) in [5.74, 6) is -0.279. The molecule has 226 valence electrons. The number of carbonyl (C=O) groups is 2. The Morgan fingerprint density at radius 2 is 1.93 bits per heavy atom. The van der Waals surface area contributed by atoms with Gasteiger partial charge < -0.3 is 29.4 Å². The van der Waals surface area contributed by atoms with Crippen molar-refractivity contribution >= 4 is 45.8 Å². The number of likely N-dealkylation sites (tertiary alicyclic amines) is 2. The predicted octanol–water partition coefficient (Wildman–Crippen LogP) is 3.85. The molecule has 3 aliphatic rings. The number of carboxylic acid groups (broad SMARTS) is 1. The predicted molar refractivity (Wildman–Crippen MR) is 167 cm³/mol. The molecule has 2 saturated heterocycles. The van der Waals surface area contributed by atoms with Gasteiger partial charge in [-0.25, -0.2) is 4.79 Å². The number of halogens is 1. The number of carboxylic acids is 1. The first-order chi connectivity index (χ1) is 20.8. The quantitative estimate of drug-likeness (QED) is 0.365. The third kappa shape index (κ3) is 6.26. The van der Waals surface area contributed by atoms with Gasteiger partial charge in [0.1, 0.15) is 12.4 Å². The highest BCUT2D eigenvalue weighted by Crippen LogP contribution is 2.37. The zero-order valence-electron chi connectivity index (χ0n) is 24.6. The van der Waals surface area contributed by atoms with E-state index in [-0.39, 0.29) is 11.8 Å². The Bertz CT molecular complexity index is 1550. The van der Waals surface area contributed by atoms with Gasteiger partial charge in [-0.1, -0.05) is 35.9 Å². The Morgan fingerprint density at radius 3 is 2.67 bits per heavy atom. The molecule has 1 unspecified atom stereocenters. The van der Waals surface area contributed by atoms with Gasteiger partial charge in [-0.15, -0.1) is 0 Å². The van der Waals surface area contributed by atoms with E-state index in [1.165, 1.54) is 6.42 Å². The fourth-order valence-corrected chi connectivity index (χ4v) is 6.74. The lowest BCUT2D eigenvalue weighted by Crippen LogP contribution is -2.53. The molecule has 6 rings (SSSR count). The molecule has 1 aromatic heterocycles.